The zero-order valence-electron chi connectivity index (χ0n) is 27.9. The van der Waals surface area contributed by atoms with Crippen molar-refractivity contribution < 1.29 is 23.5 Å². The number of anilines is 1. The molecule has 2 heterocycles. The predicted molar refractivity (Wildman–Crippen MR) is 193 cm³/mol. The molecule has 1 atom stereocenters. The van der Waals surface area contributed by atoms with Crippen LogP contribution in [0.25, 0.3) is 22.4 Å². The molecule has 1 fully saturated rings. The van der Waals surface area contributed by atoms with Gasteiger partial charge in [0.25, 0.3) is 5.91 Å². The highest BCUT2D eigenvalue weighted by atomic mass is 19.1. The molecule has 1 aliphatic rings. The molecule has 260 valence electrons. The number of aromatic nitrogens is 2. The van der Waals surface area contributed by atoms with Gasteiger partial charge in [-0.25, -0.2) is 9.37 Å². The number of nitrogens with zero attached hydrogens (tertiary/aromatic N) is 5. The fourth-order valence-electron chi connectivity index (χ4n) is 5.78. The first-order valence-corrected chi connectivity index (χ1v) is 16.1. The molecule has 0 radical (unpaired) electrons. The van der Waals surface area contributed by atoms with E-state index in [2.05, 4.69) is 23.1 Å². The number of aliphatic imine (C=N–C) groups is 1. The Morgan fingerprint density at radius 3 is 2.38 bits per heavy atom. The van der Waals surface area contributed by atoms with Crippen LogP contribution in [0.3, 0.4) is 0 Å². The topological polar surface area (TPSA) is 167 Å². The summed E-state index contributed by atoms with van der Waals surface area (Å²) in [6.45, 7) is 10.2. The number of guanidine groups is 1. The molecule has 13 heteroatoms. The smallest absolute Gasteiger partial charge is 0.254 e. The number of imidazole rings is 1. The first-order valence-electron chi connectivity index (χ1n) is 16.1. The SMILES string of the molecule is C=C(/C=C\C(=C)Oc1cccc(-c2nc3cc(C(=O)N4CCN(c5ccc(F)cc5)CC4)ccc3n2[C@H](CCCN=C(N)N)C(N)=O)c1)OC. The molecule has 0 saturated carbocycles. The average Bonchev–Trinajstić information content (AvgIpc) is 3.49. The van der Waals surface area contributed by atoms with E-state index in [9.17, 15) is 14.0 Å². The minimum absolute atomic E-state index is 0.0387. The average molecular weight is 681 g/mol. The number of carbonyl (C=O) groups is 2. The van der Waals surface area contributed by atoms with E-state index in [1.54, 1.807) is 70.1 Å². The molecule has 12 nitrogen and oxygen atoms in total. The van der Waals surface area contributed by atoms with Crippen LogP contribution in [-0.2, 0) is 9.53 Å². The van der Waals surface area contributed by atoms with Crippen molar-refractivity contribution in [2.24, 2.45) is 22.2 Å². The fraction of sp³-hybridized carbons (Fsp3) is 0.243. The number of carbonyl (C=O) groups excluding carboxylic acids is 2. The Kier molecular flexibility index (Phi) is 11.2. The Hall–Kier alpha value is -6.11. The third-order valence-corrected chi connectivity index (χ3v) is 8.32. The van der Waals surface area contributed by atoms with Crippen molar-refractivity contribution in [2.45, 2.75) is 18.9 Å². The lowest BCUT2D eigenvalue weighted by molar-refractivity contribution is -0.121. The molecular weight excluding hydrogens is 639 g/mol. The molecular formula is C37H41FN8O4. The molecule has 0 aliphatic carbocycles. The van der Waals surface area contributed by atoms with Gasteiger partial charge in [0, 0.05) is 49.5 Å². The lowest BCUT2D eigenvalue weighted by atomic mass is 10.1. The summed E-state index contributed by atoms with van der Waals surface area (Å²) in [7, 11) is 1.52. The summed E-state index contributed by atoms with van der Waals surface area (Å²) in [6.07, 6.45) is 4.09. The van der Waals surface area contributed by atoms with Crippen LogP contribution in [0.1, 0.15) is 29.2 Å². The number of methoxy groups -OCH3 is 1. The van der Waals surface area contributed by atoms with Gasteiger partial charge in [0.15, 0.2) is 5.96 Å². The summed E-state index contributed by atoms with van der Waals surface area (Å²) in [5.74, 6) is 0.720. The normalized spacial score (nSPS) is 13.6. The number of nitrogens with two attached hydrogens (primary N) is 3. The molecule has 1 aromatic heterocycles. The number of amides is 2. The van der Waals surface area contributed by atoms with Crippen molar-refractivity contribution in [3.05, 3.63) is 115 Å². The fourth-order valence-corrected chi connectivity index (χ4v) is 5.78. The third-order valence-electron chi connectivity index (χ3n) is 8.32. The number of rotatable bonds is 14. The monoisotopic (exact) mass is 680 g/mol. The molecule has 1 aliphatic heterocycles. The Bertz CT molecular complexity index is 1940. The number of fused-ring (bicyclic) bond motifs is 1. The molecule has 5 rings (SSSR count). The summed E-state index contributed by atoms with van der Waals surface area (Å²) >= 11 is 0. The highest BCUT2D eigenvalue weighted by Crippen LogP contribution is 2.33. The molecule has 6 N–H and O–H groups in total. The molecule has 0 spiro atoms. The van der Waals surface area contributed by atoms with Crippen molar-refractivity contribution in [3.8, 4) is 17.1 Å². The van der Waals surface area contributed by atoms with Crippen molar-refractivity contribution in [3.63, 3.8) is 0 Å². The van der Waals surface area contributed by atoms with E-state index < -0.39 is 11.9 Å². The van der Waals surface area contributed by atoms with Gasteiger partial charge in [0.2, 0.25) is 5.91 Å². The van der Waals surface area contributed by atoms with Crippen molar-refractivity contribution in [2.75, 3.05) is 44.7 Å². The lowest BCUT2D eigenvalue weighted by Gasteiger charge is -2.36. The maximum Gasteiger partial charge on any atom is 0.254 e. The van der Waals surface area contributed by atoms with Gasteiger partial charge in [0.1, 0.15) is 35.0 Å². The maximum absolute atomic E-state index is 13.7. The number of benzene rings is 3. The minimum Gasteiger partial charge on any atom is -0.497 e. The van der Waals surface area contributed by atoms with Crippen LogP contribution in [-0.4, -0.2) is 72.1 Å². The second kappa shape index (κ2) is 15.9. The second-order valence-electron chi connectivity index (χ2n) is 11.7. The Morgan fingerprint density at radius 2 is 1.70 bits per heavy atom. The van der Waals surface area contributed by atoms with E-state index in [4.69, 9.17) is 31.7 Å². The van der Waals surface area contributed by atoms with E-state index in [-0.39, 0.29) is 17.7 Å². The van der Waals surface area contributed by atoms with E-state index in [0.29, 0.717) is 90.8 Å². The third kappa shape index (κ3) is 8.48. The molecule has 50 heavy (non-hydrogen) atoms. The lowest BCUT2D eigenvalue weighted by Crippen LogP contribution is -2.48. The van der Waals surface area contributed by atoms with Crippen LogP contribution in [0, 0.1) is 5.82 Å². The van der Waals surface area contributed by atoms with Gasteiger partial charge in [-0.3, -0.25) is 14.6 Å². The molecule has 4 aromatic rings. The number of hydrogen-bond donors (Lipinski definition) is 3. The van der Waals surface area contributed by atoms with Crippen molar-refractivity contribution >= 4 is 34.5 Å². The van der Waals surface area contributed by atoms with E-state index in [1.165, 1.54) is 19.2 Å². The van der Waals surface area contributed by atoms with E-state index >= 15 is 0 Å². The molecule has 0 bridgehead atoms. The largest absolute Gasteiger partial charge is 0.497 e. The van der Waals surface area contributed by atoms with Crippen LogP contribution < -0.4 is 26.8 Å². The van der Waals surface area contributed by atoms with Gasteiger partial charge in [0.05, 0.1) is 18.1 Å². The number of piperazine rings is 1. The quantitative estimate of drug-likeness (QED) is 0.0576. The molecule has 0 unspecified atom stereocenters. The highest BCUT2D eigenvalue weighted by Gasteiger charge is 2.27. The van der Waals surface area contributed by atoms with E-state index in [0.717, 1.165) is 5.69 Å². The highest BCUT2D eigenvalue weighted by molar-refractivity contribution is 5.98. The first kappa shape index (κ1) is 35.2. The van der Waals surface area contributed by atoms with Gasteiger partial charge < -0.3 is 41.0 Å². The van der Waals surface area contributed by atoms with Crippen molar-refractivity contribution in [1.29, 1.82) is 0 Å². The van der Waals surface area contributed by atoms with Crippen LogP contribution >= 0.6 is 0 Å². The number of halogens is 1. The van der Waals surface area contributed by atoms with Gasteiger partial charge in [-0.2, -0.15) is 0 Å². The van der Waals surface area contributed by atoms with E-state index in [1.807, 2.05) is 6.07 Å². The van der Waals surface area contributed by atoms with Gasteiger partial charge in [-0.15, -0.1) is 0 Å². The van der Waals surface area contributed by atoms with Crippen LogP contribution in [0.5, 0.6) is 5.75 Å². The maximum atomic E-state index is 13.7. The number of primary amides is 1. The van der Waals surface area contributed by atoms with Gasteiger partial charge in [-0.05, 0) is 79.6 Å². The van der Waals surface area contributed by atoms with Gasteiger partial charge in [-0.1, -0.05) is 25.3 Å². The predicted octanol–water partition coefficient (Wildman–Crippen LogP) is 4.49. The second-order valence-corrected chi connectivity index (χ2v) is 11.7. The summed E-state index contributed by atoms with van der Waals surface area (Å²) < 4.78 is 26.2. The number of hydrogen-bond acceptors (Lipinski definition) is 7. The zero-order chi connectivity index (χ0) is 35.8. The Morgan fingerprint density at radius 1 is 0.980 bits per heavy atom. The summed E-state index contributed by atoms with van der Waals surface area (Å²) in [5.41, 5.74) is 20.2. The Balaban J connectivity index is 1.46. The molecule has 2 amide bonds. The molecule has 3 aromatic carbocycles. The molecule has 1 saturated heterocycles. The number of ether oxygens (including phenoxy) is 2. The van der Waals surface area contributed by atoms with Gasteiger partial charge >= 0.3 is 0 Å². The van der Waals surface area contributed by atoms with Crippen molar-refractivity contribution in [1.82, 2.24) is 14.5 Å². The van der Waals surface area contributed by atoms with Crippen LogP contribution in [0.2, 0.25) is 0 Å². The first-order chi connectivity index (χ1) is 24.0. The van der Waals surface area contributed by atoms with Crippen LogP contribution in [0.15, 0.2) is 109 Å². The number of allylic oxidation sites excluding steroid dienone is 2. The Labute approximate surface area is 290 Å². The zero-order valence-corrected chi connectivity index (χ0v) is 27.9. The summed E-state index contributed by atoms with van der Waals surface area (Å²) in [4.78, 5) is 39.6. The minimum atomic E-state index is -0.798. The summed E-state index contributed by atoms with van der Waals surface area (Å²) in [5, 5.41) is 0. The summed E-state index contributed by atoms with van der Waals surface area (Å²) in [6, 6.07) is 18.0. The van der Waals surface area contributed by atoms with Crippen LogP contribution in [0.4, 0.5) is 10.1 Å². The standard InChI is InChI=1S/C37H41FN8O4/c1-24(49-3)9-10-25(2)50-30-7-4-6-26(22-30)35-43-31-23-27(11-16-32(31)46(35)33(34(39)47)8-5-17-42-37(40)41)36(48)45-20-18-44(19-21-45)29-14-12-28(38)13-15-29/h4,6-7,9-16,22-23,33H,1-2,5,8,17-21H2,3H3,(H2,39,47)(H4,40,41,42)/b10-9-/t33-/m1/s1.